The fourth-order valence-electron chi connectivity index (χ4n) is 0.151. The van der Waals surface area contributed by atoms with Crippen LogP contribution in [0.3, 0.4) is 0 Å². The summed E-state index contributed by atoms with van der Waals surface area (Å²) in [6.07, 6.45) is 0.711. The molecule has 1 N–H and O–H groups in total. The molecule has 0 aliphatic carbocycles. The molecule has 0 rings (SSSR count). The van der Waals surface area contributed by atoms with Crippen LogP contribution in [-0.2, 0) is 4.79 Å². The monoisotopic (exact) mass is 178 g/mol. The van der Waals surface area contributed by atoms with Gasteiger partial charge in [-0.3, -0.25) is 0 Å². The molecule has 0 bridgehead atoms. The van der Waals surface area contributed by atoms with Gasteiger partial charge in [0.25, 0.3) is 0 Å². The van der Waals surface area contributed by atoms with Crippen LogP contribution in [-0.4, -0.2) is 27.9 Å². The molecule has 0 aliphatic heterocycles. The first-order chi connectivity index (χ1) is 3.50. The number of aliphatic carboxylic acids is 1. The van der Waals surface area contributed by atoms with Gasteiger partial charge in [-0.15, -0.1) is 0 Å². The third-order valence-corrected chi connectivity index (χ3v) is 2.60. The Balaban J connectivity index is 3.91. The Kier molecular flexibility index (Phi) is 2.55. The van der Waals surface area contributed by atoms with E-state index in [1.54, 1.807) is 6.92 Å². The predicted octanol–water partition coefficient (Wildman–Crippen LogP) is 0.293. The van der Waals surface area contributed by atoms with Crippen molar-refractivity contribution in [2.24, 2.45) is 0 Å². The van der Waals surface area contributed by atoms with Crippen LogP contribution in [0.1, 0.15) is 20.3 Å². The number of carbonyl (C=O) groups is 1. The molecule has 0 aromatic carbocycles. The van der Waals surface area contributed by atoms with Gasteiger partial charge in [-0.25, -0.2) is 0 Å². The fourth-order valence-corrected chi connectivity index (χ4v) is 0.151. The average Bonchev–Trinajstić information content (AvgIpc) is 1.67. The van der Waals surface area contributed by atoms with Gasteiger partial charge in [0.1, 0.15) is 0 Å². The SMILES string of the molecule is CCC(C)([AsH2])C(=O)O. The normalized spacial score (nSPS) is 17.4. The molecule has 0 spiro atoms. The quantitative estimate of drug-likeness (QED) is 0.617. The van der Waals surface area contributed by atoms with Gasteiger partial charge in [0.05, 0.1) is 0 Å². The van der Waals surface area contributed by atoms with Gasteiger partial charge < -0.3 is 0 Å². The van der Waals surface area contributed by atoms with E-state index < -0.39 is 10.2 Å². The Hall–Kier alpha value is 0.0284. The zero-order valence-electron chi connectivity index (χ0n) is 5.14. The van der Waals surface area contributed by atoms with Crippen molar-refractivity contribution in [2.75, 3.05) is 0 Å². The van der Waals surface area contributed by atoms with E-state index in [-0.39, 0.29) is 0 Å². The summed E-state index contributed by atoms with van der Waals surface area (Å²) < 4.78 is -0.479. The van der Waals surface area contributed by atoms with E-state index in [9.17, 15) is 4.79 Å². The Bertz CT molecular complexity index is 98.6. The molecule has 0 radical (unpaired) electrons. The Labute approximate surface area is 57.8 Å². The van der Waals surface area contributed by atoms with Crippen LogP contribution in [0.25, 0.3) is 0 Å². The third-order valence-electron chi connectivity index (χ3n) is 1.22. The number of hydrogen-bond donors (Lipinski definition) is 1. The summed E-state index contributed by atoms with van der Waals surface area (Å²) in [5.74, 6) is -0.694. The molecule has 0 aliphatic rings. The van der Waals surface area contributed by atoms with Crippen LogP contribution >= 0.6 is 0 Å². The van der Waals surface area contributed by atoms with Gasteiger partial charge in [-0.05, 0) is 0 Å². The van der Waals surface area contributed by atoms with Gasteiger partial charge in [0, 0.05) is 0 Å². The second-order valence-corrected chi connectivity index (χ2v) is 4.75. The molecule has 2 atom stereocenters. The van der Waals surface area contributed by atoms with Gasteiger partial charge in [-0.2, -0.15) is 0 Å². The van der Waals surface area contributed by atoms with E-state index in [1.807, 2.05) is 6.92 Å². The maximum absolute atomic E-state index is 10.3. The van der Waals surface area contributed by atoms with Crippen LogP contribution in [0.2, 0.25) is 4.20 Å². The predicted molar refractivity (Wildman–Crippen MR) is 34.8 cm³/mol. The van der Waals surface area contributed by atoms with E-state index in [0.717, 1.165) is 0 Å². The van der Waals surface area contributed by atoms with E-state index in [0.29, 0.717) is 6.42 Å². The molecule has 0 saturated heterocycles. The first-order valence-corrected chi connectivity index (χ1v) is 3.74. The minimum absolute atomic E-state index is 0.479. The van der Waals surface area contributed by atoms with Crippen molar-refractivity contribution in [3.8, 4) is 0 Å². The van der Waals surface area contributed by atoms with Gasteiger partial charge >= 0.3 is 57.2 Å². The van der Waals surface area contributed by atoms with Crippen molar-refractivity contribution in [3.05, 3.63) is 0 Å². The molecule has 48 valence electrons. The maximum atomic E-state index is 10.3. The van der Waals surface area contributed by atoms with Crippen molar-refractivity contribution < 1.29 is 9.90 Å². The van der Waals surface area contributed by atoms with Crippen molar-refractivity contribution in [3.63, 3.8) is 0 Å². The van der Waals surface area contributed by atoms with Crippen molar-refractivity contribution in [2.45, 2.75) is 24.5 Å². The van der Waals surface area contributed by atoms with Crippen LogP contribution < -0.4 is 0 Å². The zero-order chi connectivity index (χ0) is 6.78. The summed E-state index contributed by atoms with van der Waals surface area (Å²) in [5, 5.41) is 8.46. The van der Waals surface area contributed by atoms with Crippen LogP contribution in [0.15, 0.2) is 0 Å². The zero-order valence-corrected chi connectivity index (χ0v) is 7.56. The number of rotatable bonds is 2. The molecule has 2 unspecified atom stereocenters. The molecule has 0 aromatic rings. The second-order valence-electron chi connectivity index (χ2n) is 2.08. The molecule has 8 heavy (non-hydrogen) atoms. The first-order valence-electron chi connectivity index (χ1n) is 2.53. The summed E-state index contributed by atoms with van der Waals surface area (Å²) in [5.41, 5.74) is 0. The summed E-state index contributed by atoms with van der Waals surface area (Å²) in [6.45, 7) is 3.63. The van der Waals surface area contributed by atoms with Crippen LogP contribution in [0, 0.1) is 0 Å². The molecule has 0 heterocycles. The molecule has 3 heteroatoms. The van der Waals surface area contributed by atoms with Crippen LogP contribution in [0.5, 0.6) is 0 Å². The third kappa shape index (κ3) is 1.87. The van der Waals surface area contributed by atoms with Gasteiger partial charge in [-0.1, -0.05) is 0 Å². The Morgan fingerprint density at radius 3 is 2.25 bits per heavy atom. The number of hydrogen-bond acceptors (Lipinski definition) is 1. The Morgan fingerprint density at radius 1 is 1.88 bits per heavy atom. The molecular weight excluding hydrogens is 167 g/mol. The van der Waals surface area contributed by atoms with Gasteiger partial charge in [0.2, 0.25) is 0 Å². The Morgan fingerprint density at radius 2 is 2.25 bits per heavy atom. The summed E-state index contributed by atoms with van der Waals surface area (Å²) in [7, 11) is 0. The number of carboxylic acid groups (broad SMARTS) is 1. The fraction of sp³-hybridized carbons (Fsp3) is 0.800. The molecule has 2 nitrogen and oxygen atoms in total. The van der Waals surface area contributed by atoms with Crippen molar-refractivity contribution in [1.82, 2.24) is 0 Å². The van der Waals surface area contributed by atoms with Crippen molar-refractivity contribution >= 4 is 22.8 Å². The molecule has 0 amide bonds. The summed E-state index contributed by atoms with van der Waals surface area (Å²) in [6, 6.07) is 0. The topological polar surface area (TPSA) is 37.3 Å². The van der Waals surface area contributed by atoms with Gasteiger partial charge in [0.15, 0.2) is 0 Å². The molecular formula is C5H11AsO2. The number of carboxylic acids is 1. The molecule has 0 aromatic heterocycles. The molecule has 0 saturated carbocycles. The first kappa shape index (κ1) is 8.03. The van der Waals surface area contributed by atoms with Crippen LogP contribution in [0.4, 0.5) is 0 Å². The minimum atomic E-state index is -0.694. The standard InChI is InChI=1S/C5H11AsO2/c1-3-5(2,6)4(7)8/h3,6H2,1-2H3,(H,7,8). The van der Waals surface area contributed by atoms with E-state index in [4.69, 9.17) is 5.11 Å². The van der Waals surface area contributed by atoms with E-state index in [2.05, 4.69) is 0 Å². The average molecular weight is 178 g/mol. The molecule has 0 fully saturated rings. The second kappa shape index (κ2) is 2.54. The van der Waals surface area contributed by atoms with E-state index in [1.165, 1.54) is 16.9 Å². The summed E-state index contributed by atoms with van der Waals surface area (Å²) in [4.78, 5) is 10.3. The van der Waals surface area contributed by atoms with E-state index >= 15 is 0 Å². The van der Waals surface area contributed by atoms with Crippen molar-refractivity contribution in [1.29, 1.82) is 0 Å². The summed E-state index contributed by atoms with van der Waals surface area (Å²) >= 11 is 1.27.